The van der Waals surface area contributed by atoms with Crippen molar-refractivity contribution in [3.05, 3.63) is 60.3 Å². The number of methoxy groups -OCH3 is 2. The van der Waals surface area contributed by atoms with Crippen LogP contribution in [0, 0.1) is 0 Å². The predicted molar refractivity (Wildman–Crippen MR) is 120 cm³/mol. The van der Waals surface area contributed by atoms with Crippen molar-refractivity contribution in [2.45, 2.75) is 26.4 Å². The molecule has 0 unspecified atom stereocenters. The van der Waals surface area contributed by atoms with Crippen LogP contribution in [0.3, 0.4) is 0 Å². The molecule has 7 heteroatoms. The third-order valence-electron chi connectivity index (χ3n) is 4.69. The van der Waals surface area contributed by atoms with Crippen LogP contribution in [-0.2, 0) is 4.74 Å². The number of hydrogen-bond acceptors (Lipinski definition) is 5. The monoisotopic (exact) mass is 423 g/mol. The highest BCUT2D eigenvalue weighted by Crippen LogP contribution is 2.33. The highest BCUT2D eigenvalue weighted by atomic mass is 16.5. The number of para-hydroxylation sites is 1. The Labute approximate surface area is 182 Å². The van der Waals surface area contributed by atoms with Gasteiger partial charge in [0.2, 0.25) is 0 Å². The maximum atomic E-state index is 13.0. The molecule has 0 saturated carbocycles. The molecule has 0 aliphatic carbocycles. The second kappa shape index (κ2) is 10.6. The minimum atomic E-state index is -0.184. The lowest BCUT2D eigenvalue weighted by Crippen LogP contribution is -2.25. The molecule has 0 bridgehead atoms. The lowest BCUT2D eigenvalue weighted by molar-refractivity contribution is 0.0757. The van der Waals surface area contributed by atoms with Crippen LogP contribution in [0.5, 0.6) is 11.5 Å². The zero-order valence-corrected chi connectivity index (χ0v) is 18.4. The van der Waals surface area contributed by atoms with Crippen molar-refractivity contribution in [3.63, 3.8) is 0 Å². The first-order valence-corrected chi connectivity index (χ1v) is 10.3. The first-order valence-electron chi connectivity index (χ1n) is 10.3. The molecule has 1 heterocycles. The van der Waals surface area contributed by atoms with Crippen molar-refractivity contribution < 1.29 is 19.0 Å². The molecule has 7 nitrogen and oxygen atoms in total. The molecule has 1 aromatic heterocycles. The van der Waals surface area contributed by atoms with Crippen LogP contribution in [0.4, 0.5) is 0 Å². The summed E-state index contributed by atoms with van der Waals surface area (Å²) in [5, 5.41) is 7.68. The number of benzene rings is 2. The largest absolute Gasteiger partial charge is 0.493 e. The van der Waals surface area contributed by atoms with Crippen LogP contribution in [0.15, 0.2) is 54.7 Å². The van der Waals surface area contributed by atoms with Crippen LogP contribution in [0.2, 0.25) is 0 Å². The van der Waals surface area contributed by atoms with Gasteiger partial charge in [0, 0.05) is 24.9 Å². The maximum Gasteiger partial charge on any atom is 0.255 e. The number of hydrogen-bond donors (Lipinski definition) is 1. The summed E-state index contributed by atoms with van der Waals surface area (Å²) in [6.07, 6.45) is 2.67. The molecular weight excluding hydrogens is 394 g/mol. The third kappa shape index (κ3) is 5.64. The molecule has 3 aromatic rings. The number of amides is 1. The molecule has 31 heavy (non-hydrogen) atoms. The van der Waals surface area contributed by atoms with Crippen molar-refractivity contribution in [2.24, 2.45) is 0 Å². The Morgan fingerprint density at radius 2 is 1.81 bits per heavy atom. The number of aromatic nitrogens is 2. The summed E-state index contributed by atoms with van der Waals surface area (Å²) in [6.45, 7) is 5.11. The van der Waals surface area contributed by atoms with Crippen LogP contribution in [0.25, 0.3) is 16.9 Å². The quantitative estimate of drug-likeness (QED) is 0.497. The Morgan fingerprint density at radius 3 is 2.48 bits per heavy atom. The summed E-state index contributed by atoms with van der Waals surface area (Å²) in [4.78, 5) is 13.0. The molecule has 1 amide bonds. The molecular formula is C24H29N3O4. The molecule has 0 saturated heterocycles. The van der Waals surface area contributed by atoms with Crippen molar-refractivity contribution in [3.8, 4) is 28.4 Å². The van der Waals surface area contributed by atoms with Gasteiger partial charge in [-0.25, -0.2) is 4.68 Å². The molecule has 2 aromatic carbocycles. The Bertz CT molecular complexity index is 999. The summed E-state index contributed by atoms with van der Waals surface area (Å²) in [6, 6.07) is 15.2. The summed E-state index contributed by atoms with van der Waals surface area (Å²) in [5.74, 6) is 1.01. The number of carbonyl (C=O) groups is 1. The topological polar surface area (TPSA) is 74.6 Å². The van der Waals surface area contributed by atoms with E-state index in [2.05, 4.69) is 5.32 Å². The summed E-state index contributed by atoms with van der Waals surface area (Å²) < 4.78 is 18.0. The van der Waals surface area contributed by atoms with Gasteiger partial charge in [0.05, 0.1) is 31.6 Å². The zero-order chi connectivity index (χ0) is 22.2. The number of nitrogens with one attached hydrogen (secondary N) is 1. The van der Waals surface area contributed by atoms with Crippen LogP contribution in [-0.4, -0.2) is 49.2 Å². The van der Waals surface area contributed by atoms with Crippen LogP contribution >= 0.6 is 0 Å². The van der Waals surface area contributed by atoms with Crippen molar-refractivity contribution in [2.75, 3.05) is 27.4 Å². The molecule has 0 aliphatic rings. The second-order valence-corrected chi connectivity index (χ2v) is 7.27. The Hall–Kier alpha value is -3.32. The molecule has 3 rings (SSSR count). The van der Waals surface area contributed by atoms with Gasteiger partial charge < -0.3 is 19.5 Å². The van der Waals surface area contributed by atoms with Gasteiger partial charge in [-0.2, -0.15) is 5.10 Å². The first kappa shape index (κ1) is 22.4. The van der Waals surface area contributed by atoms with E-state index >= 15 is 0 Å². The van der Waals surface area contributed by atoms with E-state index in [0.29, 0.717) is 35.9 Å². The van der Waals surface area contributed by atoms with Gasteiger partial charge in [-0.3, -0.25) is 4.79 Å². The molecule has 0 atom stereocenters. The molecule has 0 aliphatic heterocycles. The van der Waals surface area contributed by atoms with E-state index in [1.54, 1.807) is 31.2 Å². The highest BCUT2D eigenvalue weighted by Gasteiger charge is 2.20. The second-order valence-electron chi connectivity index (χ2n) is 7.27. The van der Waals surface area contributed by atoms with Gasteiger partial charge in [-0.05, 0) is 50.6 Å². The average molecular weight is 424 g/mol. The number of ether oxygens (including phenoxy) is 3. The Balaban J connectivity index is 1.90. The van der Waals surface area contributed by atoms with Gasteiger partial charge in [0.25, 0.3) is 5.91 Å². The van der Waals surface area contributed by atoms with Crippen LogP contribution in [0.1, 0.15) is 30.6 Å². The molecule has 0 spiro atoms. The number of nitrogens with zero attached hydrogens (tertiary/aromatic N) is 2. The summed E-state index contributed by atoms with van der Waals surface area (Å²) in [7, 11) is 3.17. The van der Waals surface area contributed by atoms with Gasteiger partial charge in [-0.15, -0.1) is 0 Å². The van der Waals surface area contributed by atoms with Crippen LogP contribution < -0.4 is 14.8 Å². The van der Waals surface area contributed by atoms with E-state index in [0.717, 1.165) is 17.7 Å². The van der Waals surface area contributed by atoms with Crippen molar-refractivity contribution in [1.29, 1.82) is 0 Å². The summed E-state index contributed by atoms with van der Waals surface area (Å²) in [5.41, 5.74) is 2.69. The third-order valence-corrected chi connectivity index (χ3v) is 4.69. The zero-order valence-electron chi connectivity index (χ0n) is 18.4. The van der Waals surface area contributed by atoms with E-state index < -0.39 is 0 Å². The van der Waals surface area contributed by atoms with E-state index in [1.165, 1.54) is 0 Å². The van der Waals surface area contributed by atoms with Gasteiger partial charge in [-0.1, -0.05) is 18.2 Å². The molecule has 0 radical (unpaired) electrons. The average Bonchev–Trinajstić information content (AvgIpc) is 3.24. The minimum Gasteiger partial charge on any atom is -0.493 e. The Morgan fingerprint density at radius 1 is 1.06 bits per heavy atom. The molecule has 0 fully saturated rings. The van der Waals surface area contributed by atoms with E-state index in [-0.39, 0.29) is 12.0 Å². The van der Waals surface area contributed by atoms with E-state index in [1.807, 2.05) is 56.3 Å². The van der Waals surface area contributed by atoms with Gasteiger partial charge in [0.15, 0.2) is 11.5 Å². The maximum absolute atomic E-state index is 13.0. The van der Waals surface area contributed by atoms with Crippen molar-refractivity contribution in [1.82, 2.24) is 15.1 Å². The lowest BCUT2D eigenvalue weighted by atomic mass is 10.1. The van der Waals surface area contributed by atoms with Gasteiger partial charge in [0.1, 0.15) is 5.69 Å². The summed E-state index contributed by atoms with van der Waals surface area (Å²) >= 11 is 0. The smallest absolute Gasteiger partial charge is 0.255 e. The van der Waals surface area contributed by atoms with Gasteiger partial charge >= 0.3 is 0 Å². The first-order chi connectivity index (χ1) is 15.0. The molecule has 1 N–H and O–H groups in total. The van der Waals surface area contributed by atoms with E-state index in [4.69, 9.17) is 19.3 Å². The van der Waals surface area contributed by atoms with Crippen molar-refractivity contribution >= 4 is 5.91 Å². The highest BCUT2D eigenvalue weighted by molar-refractivity contribution is 6.00. The fourth-order valence-electron chi connectivity index (χ4n) is 3.14. The standard InChI is InChI=1S/C24H29N3O4/c1-17(2)31-14-8-13-25-24(28)20-16-27(19-9-6-5-7-10-19)26-23(20)18-11-12-21(29-3)22(15-18)30-4/h5-7,9-12,15-17H,8,13-14H2,1-4H3,(H,25,28). The van der Waals surface area contributed by atoms with E-state index in [9.17, 15) is 4.79 Å². The predicted octanol–water partition coefficient (Wildman–Crippen LogP) is 4.10. The fourth-order valence-corrected chi connectivity index (χ4v) is 3.14. The normalized spacial score (nSPS) is 10.9. The minimum absolute atomic E-state index is 0.177. The SMILES string of the molecule is COc1ccc(-c2nn(-c3ccccc3)cc2C(=O)NCCCOC(C)C)cc1OC. The Kier molecular flexibility index (Phi) is 7.67. The fraction of sp³-hybridized carbons (Fsp3) is 0.333. The number of carbonyl (C=O) groups excluding carboxylic acids is 1. The number of rotatable bonds is 10. The lowest BCUT2D eigenvalue weighted by Gasteiger charge is -2.10. The molecule has 164 valence electrons.